The summed E-state index contributed by atoms with van der Waals surface area (Å²) in [5, 5.41) is 2.35. The van der Waals surface area contributed by atoms with Gasteiger partial charge in [0.15, 0.2) is 5.82 Å². The number of benzene rings is 7. The summed E-state index contributed by atoms with van der Waals surface area (Å²) in [6.07, 6.45) is 0. The number of rotatable bonds is 6. The zero-order chi connectivity index (χ0) is 34.4. The lowest BCUT2D eigenvalue weighted by Crippen LogP contribution is -1.98. The van der Waals surface area contributed by atoms with E-state index in [0.717, 1.165) is 61.8 Å². The quantitative estimate of drug-likeness (QED) is 0.175. The maximum Gasteiger partial charge on any atom is 0.160 e. The van der Waals surface area contributed by atoms with E-state index in [0.29, 0.717) is 5.82 Å². The van der Waals surface area contributed by atoms with Crippen molar-refractivity contribution in [3.8, 4) is 62.1 Å². The third kappa shape index (κ3) is 5.18. The van der Waals surface area contributed by atoms with Gasteiger partial charge in [0.1, 0.15) is 5.82 Å². The molecule has 0 spiro atoms. The summed E-state index contributed by atoms with van der Waals surface area (Å²) < 4.78 is 4.70. The number of fused-ring (bicyclic) bond motifs is 4. The van der Waals surface area contributed by atoms with E-state index >= 15 is 0 Å². The zero-order valence-corrected chi connectivity index (χ0v) is 28.8. The lowest BCUT2D eigenvalue weighted by molar-refractivity contribution is 1.11. The fourth-order valence-electron chi connectivity index (χ4n) is 7.25. The van der Waals surface area contributed by atoms with Gasteiger partial charge in [0, 0.05) is 48.1 Å². The zero-order valence-electron chi connectivity index (χ0n) is 28.0. The van der Waals surface area contributed by atoms with Gasteiger partial charge in [0.25, 0.3) is 0 Å². The molecule has 10 aromatic rings. The maximum absolute atomic E-state index is 5.29. The van der Waals surface area contributed by atoms with Crippen LogP contribution in [-0.4, -0.2) is 19.5 Å². The Morgan fingerprint density at radius 2 is 0.981 bits per heavy atom. The van der Waals surface area contributed by atoms with Crippen molar-refractivity contribution in [2.24, 2.45) is 0 Å². The summed E-state index contributed by atoms with van der Waals surface area (Å²) in [5.74, 6) is 1.61. The lowest BCUT2D eigenvalue weighted by atomic mass is 9.98. The molecule has 0 saturated carbocycles. The van der Waals surface area contributed by atoms with E-state index < -0.39 is 0 Å². The van der Waals surface area contributed by atoms with E-state index in [4.69, 9.17) is 15.0 Å². The molecule has 0 aliphatic heterocycles. The number of hydrogen-bond donors (Lipinski definition) is 0. The molecule has 0 amide bonds. The van der Waals surface area contributed by atoms with E-state index in [2.05, 4.69) is 162 Å². The van der Waals surface area contributed by atoms with Crippen molar-refractivity contribution in [1.29, 1.82) is 0 Å². The molecule has 0 unspecified atom stereocenters. The van der Waals surface area contributed by atoms with E-state index in [1.54, 1.807) is 0 Å². The molecule has 0 saturated heterocycles. The highest BCUT2D eigenvalue weighted by Gasteiger charge is 2.21. The van der Waals surface area contributed by atoms with Crippen molar-refractivity contribution in [2.75, 3.05) is 0 Å². The molecule has 4 nitrogen and oxygen atoms in total. The smallest absolute Gasteiger partial charge is 0.160 e. The fourth-order valence-corrected chi connectivity index (χ4v) is 8.41. The van der Waals surface area contributed by atoms with Gasteiger partial charge in [0.2, 0.25) is 0 Å². The van der Waals surface area contributed by atoms with Crippen LogP contribution < -0.4 is 0 Å². The van der Waals surface area contributed by atoms with Gasteiger partial charge in [0.05, 0.1) is 22.4 Å². The first kappa shape index (κ1) is 30.2. The van der Waals surface area contributed by atoms with Crippen molar-refractivity contribution >= 4 is 42.5 Å². The molecule has 0 fully saturated rings. The topological polar surface area (TPSA) is 43.6 Å². The predicted molar refractivity (Wildman–Crippen MR) is 217 cm³/mol. The second-order valence-electron chi connectivity index (χ2n) is 12.8. The number of thiophene rings is 1. The number of imidazole rings is 1. The Morgan fingerprint density at radius 1 is 0.404 bits per heavy atom. The maximum atomic E-state index is 5.29. The molecule has 0 bridgehead atoms. The second-order valence-corrected chi connectivity index (χ2v) is 13.9. The van der Waals surface area contributed by atoms with Crippen LogP contribution in [-0.2, 0) is 0 Å². The molecule has 7 aromatic carbocycles. The van der Waals surface area contributed by atoms with Gasteiger partial charge >= 0.3 is 0 Å². The Labute approximate surface area is 305 Å². The number of para-hydroxylation sites is 3. The normalized spacial score (nSPS) is 11.5. The van der Waals surface area contributed by atoms with Gasteiger partial charge in [-0.25, -0.2) is 15.0 Å². The van der Waals surface area contributed by atoms with E-state index in [1.807, 2.05) is 35.6 Å². The molecule has 0 aliphatic carbocycles. The standard InChI is InChI=1S/C47H30N4S/c1-4-15-31(16-5-1)33-19-12-20-34(29-33)39-30-40(49-46(48-39)32-17-6-2-7-18-32)36-23-13-27-42-44(36)45-37(24-14-28-43(45)52-42)47-50-38-25-10-11-26-41(38)51(47)35-21-8-3-9-22-35/h1-30H. The van der Waals surface area contributed by atoms with Gasteiger partial charge in [-0.3, -0.25) is 4.57 Å². The Kier molecular flexibility index (Phi) is 7.29. The first-order valence-corrected chi connectivity index (χ1v) is 18.2. The molecule has 3 aromatic heterocycles. The highest BCUT2D eigenvalue weighted by Crippen LogP contribution is 2.45. The van der Waals surface area contributed by atoms with Crippen LogP contribution in [0.1, 0.15) is 0 Å². The third-order valence-corrected chi connectivity index (χ3v) is 10.8. The molecule has 0 atom stereocenters. The minimum absolute atomic E-state index is 0.695. The lowest BCUT2D eigenvalue weighted by Gasteiger charge is -2.13. The monoisotopic (exact) mass is 682 g/mol. The van der Waals surface area contributed by atoms with Crippen molar-refractivity contribution in [3.63, 3.8) is 0 Å². The average Bonchev–Trinajstić information content (AvgIpc) is 3.81. The summed E-state index contributed by atoms with van der Waals surface area (Å²) in [5.41, 5.74) is 11.4. The highest BCUT2D eigenvalue weighted by atomic mass is 32.1. The summed E-state index contributed by atoms with van der Waals surface area (Å²) in [6.45, 7) is 0. The number of hydrogen-bond acceptors (Lipinski definition) is 4. The summed E-state index contributed by atoms with van der Waals surface area (Å²) in [7, 11) is 0. The minimum Gasteiger partial charge on any atom is -0.292 e. The molecule has 3 heterocycles. The Morgan fingerprint density at radius 3 is 1.75 bits per heavy atom. The molecule has 0 aliphatic rings. The van der Waals surface area contributed by atoms with Crippen LogP contribution in [0.3, 0.4) is 0 Å². The summed E-state index contributed by atoms with van der Waals surface area (Å²) in [4.78, 5) is 15.7. The first-order chi connectivity index (χ1) is 25.8. The third-order valence-electron chi connectivity index (χ3n) is 9.64. The average molecular weight is 683 g/mol. The van der Waals surface area contributed by atoms with Crippen LogP contribution in [0.4, 0.5) is 0 Å². The molecule has 244 valence electrons. The van der Waals surface area contributed by atoms with Crippen LogP contribution in [0.15, 0.2) is 182 Å². The Balaban J connectivity index is 1.23. The van der Waals surface area contributed by atoms with Gasteiger partial charge in [-0.2, -0.15) is 0 Å². The molecular formula is C47H30N4S. The minimum atomic E-state index is 0.695. The van der Waals surface area contributed by atoms with Gasteiger partial charge < -0.3 is 0 Å². The molecule has 10 rings (SSSR count). The number of nitrogens with zero attached hydrogens (tertiary/aromatic N) is 4. The van der Waals surface area contributed by atoms with Crippen molar-refractivity contribution in [2.45, 2.75) is 0 Å². The molecular weight excluding hydrogens is 653 g/mol. The van der Waals surface area contributed by atoms with Crippen LogP contribution in [0.5, 0.6) is 0 Å². The Hall–Kier alpha value is -6.69. The molecule has 52 heavy (non-hydrogen) atoms. The van der Waals surface area contributed by atoms with Crippen molar-refractivity contribution in [3.05, 3.63) is 182 Å². The van der Waals surface area contributed by atoms with Crippen LogP contribution in [0, 0.1) is 0 Å². The van der Waals surface area contributed by atoms with E-state index in [9.17, 15) is 0 Å². The van der Waals surface area contributed by atoms with Gasteiger partial charge in [-0.05, 0) is 59.7 Å². The summed E-state index contributed by atoms with van der Waals surface area (Å²) >= 11 is 1.81. The summed E-state index contributed by atoms with van der Waals surface area (Å²) in [6, 6.07) is 63.6. The van der Waals surface area contributed by atoms with Crippen molar-refractivity contribution in [1.82, 2.24) is 19.5 Å². The first-order valence-electron chi connectivity index (χ1n) is 17.4. The molecule has 0 radical (unpaired) electrons. The number of aromatic nitrogens is 4. The van der Waals surface area contributed by atoms with Crippen LogP contribution in [0.2, 0.25) is 0 Å². The van der Waals surface area contributed by atoms with Crippen LogP contribution >= 0.6 is 11.3 Å². The fraction of sp³-hybridized carbons (Fsp3) is 0. The Bertz CT molecular complexity index is 2890. The predicted octanol–water partition coefficient (Wildman–Crippen LogP) is 12.5. The highest BCUT2D eigenvalue weighted by molar-refractivity contribution is 7.26. The largest absolute Gasteiger partial charge is 0.292 e. The molecule has 5 heteroatoms. The van der Waals surface area contributed by atoms with E-state index in [1.165, 1.54) is 25.7 Å². The van der Waals surface area contributed by atoms with Crippen LogP contribution in [0.25, 0.3) is 93.3 Å². The SMILES string of the molecule is c1ccc(-c2cccc(-c3cc(-c4cccc5sc6cccc(-c7nc8ccccc8n7-c7ccccc7)c6c45)nc(-c4ccccc4)n3)c2)cc1. The van der Waals surface area contributed by atoms with Gasteiger partial charge in [-0.15, -0.1) is 11.3 Å². The van der Waals surface area contributed by atoms with Gasteiger partial charge in [-0.1, -0.05) is 133 Å². The second kappa shape index (κ2) is 12.6. The molecule has 0 N–H and O–H groups in total. The van der Waals surface area contributed by atoms with E-state index in [-0.39, 0.29) is 0 Å². The van der Waals surface area contributed by atoms with Crippen molar-refractivity contribution < 1.29 is 0 Å².